The molecule has 0 saturated heterocycles. The molecule has 1 aromatic rings. The zero-order valence-corrected chi connectivity index (χ0v) is 9.44. The Balaban J connectivity index is 3.11. The lowest BCUT2D eigenvalue weighted by molar-refractivity contribution is 0.0881. The van der Waals surface area contributed by atoms with Crippen molar-refractivity contribution in [2.45, 2.75) is 39.2 Å². The summed E-state index contributed by atoms with van der Waals surface area (Å²) < 4.78 is 0. The van der Waals surface area contributed by atoms with E-state index in [1.807, 2.05) is 26.8 Å². The van der Waals surface area contributed by atoms with Gasteiger partial charge in [0.1, 0.15) is 6.10 Å². The number of hydrogen-bond donors (Lipinski definition) is 2. The molecule has 0 spiro atoms. The van der Waals surface area contributed by atoms with E-state index in [-0.39, 0.29) is 6.61 Å². The van der Waals surface area contributed by atoms with Gasteiger partial charge >= 0.3 is 0 Å². The fraction of sp³-hybridized carbons (Fsp3) is 0.636. The molecule has 1 aromatic heterocycles. The van der Waals surface area contributed by atoms with E-state index in [1.54, 1.807) is 0 Å². The minimum atomic E-state index is -0.978. The van der Waals surface area contributed by atoms with Crippen LogP contribution in [0.3, 0.4) is 0 Å². The summed E-state index contributed by atoms with van der Waals surface area (Å²) in [6.45, 7) is 5.74. The lowest BCUT2D eigenvalue weighted by Gasteiger charge is -2.11. The maximum atomic E-state index is 9.48. The predicted molar refractivity (Wildman–Crippen MR) is 57.5 cm³/mol. The van der Waals surface area contributed by atoms with Crippen molar-refractivity contribution in [2.75, 3.05) is 6.61 Å². The zero-order chi connectivity index (χ0) is 11.4. The Morgan fingerprint density at radius 1 is 1.33 bits per heavy atom. The second-order valence-corrected chi connectivity index (χ2v) is 3.85. The van der Waals surface area contributed by atoms with E-state index < -0.39 is 6.10 Å². The standard InChI is InChI=1S/C11H18N2O2/c1-4-8-5-9(7(2)3)13-11(12-8)10(15)6-14/h5,7,10,14-15H,4,6H2,1-3H3. The van der Waals surface area contributed by atoms with E-state index in [1.165, 1.54) is 0 Å². The first kappa shape index (κ1) is 12.1. The van der Waals surface area contributed by atoms with Crippen LogP contribution in [0.15, 0.2) is 6.07 Å². The minimum absolute atomic E-state index is 0.294. The van der Waals surface area contributed by atoms with Crippen molar-refractivity contribution in [2.24, 2.45) is 0 Å². The number of aliphatic hydroxyl groups is 2. The normalized spacial score (nSPS) is 13.2. The number of nitrogens with zero attached hydrogens (tertiary/aromatic N) is 2. The van der Waals surface area contributed by atoms with Gasteiger partial charge in [-0.25, -0.2) is 9.97 Å². The molecule has 0 aliphatic carbocycles. The van der Waals surface area contributed by atoms with Gasteiger partial charge in [-0.05, 0) is 18.4 Å². The van der Waals surface area contributed by atoms with Crippen molar-refractivity contribution in [3.05, 3.63) is 23.3 Å². The van der Waals surface area contributed by atoms with Gasteiger partial charge < -0.3 is 10.2 Å². The monoisotopic (exact) mass is 210 g/mol. The zero-order valence-electron chi connectivity index (χ0n) is 9.44. The van der Waals surface area contributed by atoms with Crippen LogP contribution in [0.5, 0.6) is 0 Å². The summed E-state index contributed by atoms with van der Waals surface area (Å²) in [5, 5.41) is 18.3. The van der Waals surface area contributed by atoms with Crippen LogP contribution in [0, 0.1) is 0 Å². The number of hydrogen-bond acceptors (Lipinski definition) is 4. The van der Waals surface area contributed by atoms with Crippen molar-refractivity contribution < 1.29 is 10.2 Å². The maximum absolute atomic E-state index is 9.48. The van der Waals surface area contributed by atoms with Crippen LogP contribution in [0.2, 0.25) is 0 Å². The molecule has 15 heavy (non-hydrogen) atoms. The molecule has 0 aromatic carbocycles. The van der Waals surface area contributed by atoms with Gasteiger partial charge in [-0.1, -0.05) is 20.8 Å². The molecular formula is C11H18N2O2. The van der Waals surface area contributed by atoms with Crippen molar-refractivity contribution >= 4 is 0 Å². The maximum Gasteiger partial charge on any atom is 0.159 e. The largest absolute Gasteiger partial charge is 0.393 e. The summed E-state index contributed by atoms with van der Waals surface area (Å²) in [4.78, 5) is 8.41. The van der Waals surface area contributed by atoms with Crippen LogP contribution < -0.4 is 0 Å². The first-order valence-corrected chi connectivity index (χ1v) is 5.25. The topological polar surface area (TPSA) is 66.2 Å². The molecule has 1 atom stereocenters. The Morgan fingerprint density at radius 2 is 2.00 bits per heavy atom. The molecular weight excluding hydrogens is 192 g/mol. The highest BCUT2D eigenvalue weighted by atomic mass is 16.3. The molecule has 84 valence electrons. The van der Waals surface area contributed by atoms with Gasteiger partial charge in [0, 0.05) is 11.4 Å². The fourth-order valence-corrected chi connectivity index (χ4v) is 1.25. The van der Waals surface area contributed by atoms with Gasteiger partial charge in [-0.3, -0.25) is 0 Å². The Morgan fingerprint density at radius 3 is 2.47 bits per heavy atom. The molecule has 0 radical (unpaired) electrons. The van der Waals surface area contributed by atoms with Crippen LogP contribution in [0.4, 0.5) is 0 Å². The summed E-state index contributed by atoms with van der Waals surface area (Å²) in [6, 6.07) is 1.94. The lowest BCUT2D eigenvalue weighted by atomic mass is 10.1. The summed E-state index contributed by atoms with van der Waals surface area (Å²) in [7, 11) is 0. The van der Waals surface area contributed by atoms with E-state index in [2.05, 4.69) is 9.97 Å². The lowest BCUT2D eigenvalue weighted by Crippen LogP contribution is -2.11. The van der Waals surface area contributed by atoms with E-state index >= 15 is 0 Å². The molecule has 4 nitrogen and oxygen atoms in total. The first-order valence-electron chi connectivity index (χ1n) is 5.25. The number of aryl methyl sites for hydroxylation is 1. The SMILES string of the molecule is CCc1cc(C(C)C)nc(C(O)CO)n1. The van der Waals surface area contributed by atoms with E-state index in [0.29, 0.717) is 11.7 Å². The molecule has 0 aliphatic heterocycles. The Kier molecular flexibility index (Phi) is 4.17. The van der Waals surface area contributed by atoms with Gasteiger partial charge in [0.15, 0.2) is 5.82 Å². The quantitative estimate of drug-likeness (QED) is 0.783. The van der Waals surface area contributed by atoms with Gasteiger partial charge in [0.25, 0.3) is 0 Å². The third-order valence-corrected chi connectivity index (χ3v) is 2.24. The van der Waals surface area contributed by atoms with E-state index in [4.69, 9.17) is 5.11 Å². The van der Waals surface area contributed by atoms with Crippen molar-refractivity contribution in [1.29, 1.82) is 0 Å². The summed E-state index contributed by atoms with van der Waals surface area (Å²) >= 11 is 0. The van der Waals surface area contributed by atoms with Crippen LogP contribution in [-0.2, 0) is 6.42 Å². The average molecular weight is 210 g/mol. The third kappa shape index (κ3) is 2.97. The molecule has 2 N–H and O–H groups in total. The molecule has 4 heteroatoms. The van der Waals surface area contributed by atoms with Gasteiger partial charge in [0.2, 0.25) is 0 Å². The Hall–Kier alpha value is -1.00. The molecule has 1 rings (SSSR count). The number of aliphatic hydroxyl groups excluding tert-OH is 2. The minimum Gasteiger partial charge on any atom is -0.393 e. The fourth-order valence-electron chi connectivity index (χ4n) is 1.25. The molecule has 0 fully saturated rings. The summed E-state index contributed by atoms with van der Waals surface area (Å²) in [5.74, 6) is 0.614. The van der Waals surface area contributed by atoms with Crippen LogP contribution in [0.25, 0.3) is 0 Å². The second kappa shape index (κ2) is 5.19. The summed E-state index contributed by atoms with van der Waals surface area (Å²) in [5.41, 5.74) is 1.81. The highest BCUT2D eigenvalue weighted by molar-refractivity contribution is 5.15. The average Bonchev–Trinajstić information content (AvgIpc) is 2.27. The van der Waals surface area contributed by atoms with Gasteiger partial charge in [-0.2, -0.15) is 0 Å². The number of aromatic nitrogens is 2. The smallest absolute Gasteiger partial charge is 0.159 e. The first-order chi connectivity index (χ1) is 7.08. The molecule has 0 aliphatic rings. The molecule has 0 amide bonds. The molecule has 1 heterocycles. The van der Waals surface area contributed by atoms with Gasteiger partial charge in [-0.15, -0.1) is 0 Å². The summed E-state index contributed by atoms with van der Waals surface area (Å²) in [6.07, 6.45) is -0.179. The van der Waals surface area contributed by atoms with Crippen LogP contribution in [-0.4, -0.2) is 26.8 Å². The van der Waals surface area contributed by atoms with E-state index in [9.17, 15) is 5.11 Å². The van der Waals surface area contributed by atoms with Crippen molar-refractivity contribution in [3.63, 3.8) is 0 Å². The van der Waals surface area contributed by atoms with Gasteiger partial charge in [0.05, 0.1) is 6.61 Å². The number of rotatable bonds is 4. The third-order valence-electron chi connectivity index (χ3n) is 2.24. The van der Waals surface area contributed by atoms with Crippen LogP contribution >= 0.6 is 0 Å². The molecule has 0 saturated carbocycles. The highest BCUT2D eigenvalue weighted by Gasteiger charge is 2.13. The predicted octanol–water partition coefficient (Wildman–Crippen LogP) is 1.19. The Labute approximate surface area is 90.0 Å². The van der Waals surface area contributed by atoms with Crippen molar-refractivity contribution in [3.8, 4) is 0 Å². The molecule has 1 unspecified atom stereocenters. The van der Waals surface area contributed by atoms with Crippen LogP contribution in [0.1, 0.15) is 50.0 Å². The molecule has 0 bridgehead atoms. The van der Waals surface area contributed by atoms with E-state index in [0.717, 1.165) is 17.8 Å². The van der Waals surface area contributed by atoms with Crippen molar-refractivity contribution in [1.82, 2.24) is 9.97 Å². The Bertz CT molecular complexity index is 326. The second-order valence-electron chi connectivity index (χ2n) is 3.85. The highest BCUT2D eigenvalue weighted by Crippen LogP contribution is 2.16.